The molecule has 3 aromatic carbocycles. The maximum Gasteiger partial charge on any atom is 0.407 e. The van der Waals surface area contributed by atoms with E-state index in [0.29, 0.717) is 41.5 Å². The van der Waals surface area contributed by atoms with Crippen LogP contribution in [-0.2, 0) is 25.5 Å². The zero-order chi connectivity index (χ0) is 39.9. The Balaban J connectivity index is 1.31. The van der Waals surface area contributed by atoms with Crippen LogP contribution >= 0.6 is 0 Å². The smallest absolute Gasteiger partial charge is 0.407 e. The van der Waals surface area contributed by atoms with Crippen molar-refractivity contribution in [1.29, 1.82) is 0 Å². The van der Waals surface area contributed by atoms with Crippen molar-refractivity contribution in [2.24, 2.45) is 11.8 Å². The van der Waals surface area contributed by atoms with Crippen LogP contribution in [0.1, 0.15) is 92.1 Å². The van der Waals surface area contributed by atoms with Gasteiger partial charge in [-0.3, -0.25) is 19.5 Å². The van der Waals surface area contributed by atoms with Crippen molar-refractivity contribution >= 4 is 46.4 Å². The van der Waals surface area contributed by atoms with Crippen LogP contribution in [0.4, 0.5) is 10.5 Å². The summed E-state index contributed by atoms with van der Waals surface area (Å²) in [6.07, 6.45) is 3.99. The van der Waals surface area contributed by atoms with E-state index in [-0.39, 0.29) is 41.7 Å². The Labute approximate surface area is 321 Å². The number of amides is 4. The van der Waals surface area contributed by atoms with Crippen molar-refractivity contribution in [3.63, 3.8) is 0 Å². The molecule has 0 aliphatic heterocycles. The maximum absolute atomic E-state index is 14.0. The molecular weight excluding hydrogens is 700 g/mol. The lowest BCUT2D eigenvalue weighted by Gasteiger charge is -2.29. The molecule has 1 aliphatic carbocycles. The van der Waals surface area contributed by atoms with Gasteiger partial charge in [-0.05, 0) is 120 Å². The summed E-state index contributed by atoms with van der Waals surface area (Å²) in [6, 6.07) is 15.7. The summed E-state index contributed by atoms with van der Waals surface area (Å²) in [6.45, 7) is 11.7. The van der Waals surface area contributed by atoms with E-state index in [1.54, 1.807) is 12.1 Å². The fourth-order valence-corrected chi connectivity index (χ4v) is 6.83. The maximum atomic E-state index is 14.0. The number of nitrogens with one attached hydrogen (secondary N) is 5. The Bertz CT molecular complexity index is 2020. The third kappa shape index (κ3) is 10.9. The monoisotopic (exact) mass is 752 g/mol. The highest BCUT2D eigenvalue weighted by Crippen LogP contribution is 2.30. The fourth-order valence-electron chi connectivity index (χ4n) is 6.83. The number of anilines is 1. The van der Waals surface area contributed by atoms with Crippen LogP contribution in [0.25, 0.3) is 22.0 Å². The van der Waals surface area contributed by atoms with Crippen molar-refractivity contribution in [3.05, 3.63) is 83.0 Å². The predicted molar refractivity (Wildman–Crippen MR) is 211 cm³/mol. The van der Waals surface area contributed by atoms with Crippen molar-refractivity contribution in [3.8, 4) is 11.1 Å². The minimum Gasteiger partial charge on any atom is -0.465 e. The molecule has 4 aromatic rings. The number of benzene rings is 3. The lowest BCUT2D eigenvalue weighted by Crippen LogP contribution is -2.48. The summed E-state index contributed by atoms with van der Waals surface area (Å²) >= 11 is 0. The molecule has 0 radical (unpaired) electrons. The van der Waals surface area contributed by atoms with E-state index < -0.39 is 29.6 Å². The summed E-state index contributed by atoms with van der Waals surface area (Å²) in [7, 11) is 1.28. The number of hydrogen-bond donors (Lipinski definition) is 5. The SMILES string of the molecule is COC(=O)c1cc(NC(=O)C(Cc2ccc(-c3ccc(C(=O)NC(C)C)cc3C)cc2)NC(=O)C2CCC(CNC(=O)OC(C)(C)C)CC2)cc2[nH]ncc12. The molecule has 1 aromatic heterocycles. The Morgan fingerprint density at radius 2 is 1.64 bits per heavy atom. The number of carbonyl (C=O) groups excluding carboxylic acids is 5. The van der Waals surface area contributed by atoms with E-state index in [1.165, 1.54) is 19.4 Å². The van der Waals surface area contributed by atoms with Gasteiger partial charge >= 0.3 is 12.1 Å². The number of alkyl carbamates (subject to hydrolysis) is 1. The normalized spacial score (nSPS) is 16.2. The van der Waals surface area contributed by atoms with Gasteiger partial charge in [0.1, 0.15) is 11.6 Å². The van der Waals surface area contributed by atoms with Crippen LogP contribution in [0.2, 0.25) is 0 Å². The molecule has 0 bridgehead atoms. The molecule has 1 unspecified atom stereocenters. The highest BCUT2D eigenvalue weighted by Gasteiger charge is 2.31. The first-order chi connectivity index (χ1) is 26.1. The van der Waals surface area contributed by atoms with Gasteiger partial charge in [0.25, 0.3) is 5.91 Å². The standard InChI is InChI=1S/C42H52N6O7/c1-24(2)45-38(50)30-16-17-32(25(3)18-30)28-12-8-26(9-13-28)19-36(39(51)46-31-20-33(40(52)54-7)34-23-44-48-35(34)21-31)47-37(49)29-14-10-27(11-15-29)22-43-41(53)55-42(4,5)6/h8-9,12-13,16-18,20-21,23-24,27,29,36H,10-11,14-15,19,22H2,1-7H3,(H,43,53)(H,44,48)(H,45,50)(H,46,51)(H,47,49). The van der Waals surface area contributed by atoms with E-state index in [1.807, 2.05) is 77.9 Å². The number of aryl methyl sites for hydroxylation is 1. The van der Waals surface area contributed by atoms with Crippen LogP contribution in [-0.4, -0.2) is 71.3 Å². The van der Waals surface area contributed by atoms with Crippen molar-refractivity contribution in [2.75, 3.05) is 19.0 Å². The van der Waals surface area contributed by atoms with E-state index >= 15 is 0 Å². The summed E-state index contributed by atoms with van der Waals surface area (Å²) in [5.41, 5.74) is 4.82. The number of carbonyl (C=O) groups is 5. The van der Waals surface area contributed by atoms with E-state index in [0.717, 1.165) is 35.1 Å². The first-order valence-electron chi connectivity index (χ1n) is 18.7. The Hall–Kier alpha value is -5.72. The zero-order valence-electron chi connectivity index (χ0n) is 32.6. The molecule has 5 N–H and O–H groups in total. The Kier molecular flexibility index (Phi) is 13.0. The summed E-state index contributed by atoms with van der Waals surface area (Å²) in [5, 5.41) is 19.1. The van der Waals surface area contributed by atoms with Gasteiger partial charge in [0.05, 0.1) is 24.4 Å². The zero-order valence-corrected chi connectivity index (χ0v) is 32.6. The van der Waals surface area contributed by atoms with Crippen molar-refractivity contribution in [2.45, 2.75) is 91.3 Å². The molecule has 1 atom stereocenters. The second-order valence-corrected chi connectivity index (χ2v) is 15.6. The molecule has 5 rings (SSSR count). The molecule has 55 heavy (non-hydrogen) atoms. The first-order valence-corrected chi connectivity index (χ1v) is 18.7. The van der Waals surface area contributed by atoms with Crippen LogP contribution in [0, 0.1) is 18.8 Å². The molecule has 1 heterocycles. The average Bonchev–Trinajstić information content (AvgIpc) is 3.61. The summed E-state index contributed by atoms with van der Waals surface area (Å²) in [5.74, 6) is -1.45. The van der Waals surface area contributed by atoms with E-state index in [9.17, 15) is 24.0 Å². The molecular formula is C42H52N6O7. The highest BCUT2D eigenvalue weighted by atomic mass is 16.6. The van der Waals surface area contributed by atoms with Gasteiger partial charge in [-0.1, -0.05) is 30.3 Å². The molecule has 0 saturated heterocycles. The van der Waals surface area contributed by atoms with Crippen LogP contribution in [0.5, 0.6) is 0 Å². The largest absolute Gasteiger partial charge is 0.465 e. The fraction of sp³-hybridized carbons (Fsp3) is 0.429. The molecule has 13 heteroatoms. The third-order valence-corrected chi connectivity index (χ3v) is 9.63. The number of esters is 1. The van der Waals surface area contributed by atoms with E-state index in [2.05, 4.69) is 31.5 Å². The number of aromatic nitrogens is 2. The number of fused-ring (bicyclic) bond motifs is 1. The molecule has 1 fully saturated rings. The van der Waals surface area contributed by atoms with Crippen LogP contribution in [0.3, 0.4) is 0 Å². The van der Waals surface area contributed by atoms with Crippen LogP contribution in [0.15, 0.2) is 60.8 Å². The highest BCUT2D eigenvalue weighted by molar-refractivity contribution is 6.07. The summed E-state index contributed by atoms with van der Waals surface area (Å²) in [4.78, 5) is 65.0. The van der Waals surface area contributed by atoms with Gasteiger partial charge in [0.2, 0.25) is 11.8 Å². The molecule has 0 spiro atoms. The Morgan fingerprint density at radius 3 is 2.27 bits per heavy atom. The topological polar surface area (TPSA) is 181 Å². The number of ether oxygens (including phenoxy) is 2. The molecule has 1 saturated carbocycles. The van der Waals surface area contributed by atoms with Crippen molar-refractivity contribution < 1.29 is 33.4 Å². The predicted octanol–water partition coefficient (Wildman–Crippen LogP) is 6.46. The van der Waals surface area contributed by atoms with Gasteiger partial charge < -0.3 is 30.7 Å². The lowest BCUT2D eigenvalue weighted by molar-refractivity contribution is -0.130. The Morgan fingerprint density at radius 1 is 0.927 bits per heavy atom. The van der Waals surface area contributed by atoms with Gasteiger partial charge in [-0.2, -0.15) is 5.10 Å². The van der Waals surface area contributed by atoms with Crippen molar-refractivity contribution in [1.82, 2.24) is 26.1 Å². The van der Waals surface area contributed by atoms with Gasteiger partial charge in [0, 0.05) is 41.6 Å². The molecule has 1 aliphatic rings. The number of methoxy groups -OCH3 is 1. The second kappa shape index (κ2) is 17.6. The summed E-state index contributed by atoms with van der Waals surface area (Å²) < 4.78 is 10.3. The lowest BCUT2D eigenvalue weighted by atomic mass is 9.81. The third-order valence-electron chi connectivity index (χ3n) is 9.63. The quantitative estimate of drug-likeness (QED) is 0.102. The number of nitrogens with zero attached hydrogens (tertiary/aromatic N) is 1. The van der Waals surface area contributed by atoms with Crippen LogP contribution < -0.4 is 21.3 Å². The van der Waals surface area contributed by atoms with Gasteiger partial charge in [-0.15, -0.1) is 0 Å². The number of H-pyrrole nitrogens is 1. The number of hydrogen-bond acceptors (Lipinski definition) is 8. The molecule has 4 amide bonds. The number of rotatable bonds is 12. The van der Waals surface area contributed by atoms with Gasteiger partial charge in [-0.25, -0.2) is 9.59 Å². The average molecular weight is 753 g/mol. The molecule has 13 nitrogen and oxygen atoms in total. The number of aromatic amines is 1. The first kappa shape index (κ1) is 40.5. The van der Waals surface area contributed by atoms with Gasteiger partial charge in [0.15, 0.2) is 0 Å². The molecule has 292 valence electrons. The minimum atomic E-state index is -0.940. The van der Waals surface area contributed by atoms with E-state index in [4.69, 9.17) is 9.47 Å². The second-order valence-electron chi connectivity index (χ2n) is 15.6. The minimum absolute atomic E-state index is 0.0304.